The molecule has 168 valence electrons. The largest absolute Gasteiger partial charge is 0.492 e. The van der Waals surface area contributed by atoms with Crippen LogP contribution in [0.5, 0.6) is 5.75 Å². The van der Waals surface area contributed by atoms with E-state index in [0.717, 1.165) is 6.07 Å². The molecule has 2 aromatic carbocycles. The van der Waals surface area contributed by atoms with Crippen molar-refractivity contribution in [2.24, 2.45) is 0 Å². The molecule has 0 aromatic heterocycles. The third-order valence-electron chi connectivity index (χ3n) is 4.14. The van der Waals surface area contributed by atoms with Crippen LogP contribution in [0.2, 0.25) is 5.02 Å². The molecule has 0 saturated carbocycles. The summed E-state index contributed by atoms with van der Waals surface area (Å²) in [5, 5.41) is 2.54. The number of nitrogens with one attached hydrogen (secondary N) is 1. The number of carbonyl (C=O) groups excluding carboxylic acids is 2. The maximum Gasteiger partial charge on any atom is 0.338 e. The molecular formula is C20H23ClN2O7S. The topological polar surface area (TPSA) is 111 Å². The number of benzene rings is 2. The summed E-state index contributed by atoms with van der Waals surface area (Å²) in [6, 6.07) is 10.4. The number of hydrogen-bond donors (Lipinski definition) is 1. The number of amides is 1. The lowest BCUT2D eigenvalue weighted by atomic mass is 10.2. The minimum absolute atomic E-state index is 0.0955. The van der Waals surface area contributed by atoms with Gasteiger partial charge in [-0.2, -0.15) is 0 Å². The normalized spacial score (nSPS) is 12.3. The average molecular weight is 471 g/mol. The molecule has 1 unspecified atom stereocenters. The Kier molecular flexibility index (Phi) is 8.40. The quantitative estimate of drug-likeness (QED) is 0.442. The van der Waals surface area contributed by atoms with Gasteiger partial charge in [-0.15, -0.1) is 0 Å². The van der Waals surface area contributed by atoms with Crippen LogP contribution in [0.3, 0.4) is 0 Å². The number of halogens is 1. The van der Waals surface area contributed by atoms with Crippen LogP contribution in [-0.2, 0) is 24.4 Å². The maximum atomic E-state index is 12.5. The van der Waals surface area contributed by atoms with Gasteiger partial charge in [-0.1, -0.05) is 28.2 Å². The molecule has 1 N–H and O–H groups in total. The molecule has 0 aliphatic rings. The number of esters is 1. The van der Waals surface area contributed by atoms with E-state index in [0.29, 0.717) is 22.5 Å². The molecule has 0 fully saturated rings. The van der Waals surface area contributed by atoms with Gasteiger partial charge in [0.1, 0.15) is 10.6 Å². The van der Waals surface area contributed by atoms with E-state index in [1.54, 1.807) is 24.3 Å². The molecule has 0 aliphatic heterocycles. The van der Waals surface area contributed by atoms with Crippen molar-refractivity contribution in [2.45, 2.75) is 24.8 Å². The first-order valence-corrected chi connectivity index (χ1v) is 11.0. The molecule has 9 nitrogen and oxygen atoms in total. The van der Waals surface area contributed by atoms with Crippen molar-refractivity contribution in [1.29, 1.82) is 0 Å². The van der Waals surface area contributed by atoms with E-state index in [4.69, 9.17) is 25.9 Å². The number of para-hydroxylation sites is 2. The van der Waals surface area contributed by atoms with Gasteiger partial charge in [-0.25, -0.2) is 13.2 Å². The summed E-state index contributed by atoms with van der Waals surface area (Å²) in [5.41, 5.74) is 0.335. The first-order valence-electron chi connectivity index (χ1n) is 9.18. The van der Waals surface area contributed by atoms with Crippen LogP contribution >= 0.6 is 11.6 Å². The smallest absolute Gasteiger partial charge is 0.338 e. The first-order chi connectivity index (χ1) is 14.6. The van der Waals surface area contributed by atoms with Crippen LogP contribution in [0.25, 0.3) is 0 Å². The van der Waals surface area contributed by atoms with E-state index in [2.05, 4.69) is 5.32 Å². The first kappa shape index (κ1) is 24.6. The third-order valence-corrected chi connectivity index (χ3v) is 6.30. The second-order valence-corrected chi connectivity index (χ2v) is 8.52. The fraction of sp³-hybridized carbons (Fsp3) is 0.300. The Morgan fingerprint density at radius 3 is 2.52 bits per heavy atom. The number of nitrogens with zero attached hydrogens (tertiary/aromatic N) is 1. The lowest BCUT2D eigenvalue weighted by Gasteiger charge is -2.17. The SMILES string of the molecule is CCOc1ccccc1NC(=O)C(C)OC(=O)c1ccc(Cl)c(S(=O)(=O)N(C)OC)c1. The molecular weight excluding hydrogens is 448 g/mol. The van der Waals surface area contributed by atoms with Crippen molar-refractivity contribution < 1.29 is 32.3 Å². The molecule has 0 heterocycles. The molecule has 11 heteroatoms. The number of anilines is 1. The zero-order valence-corrected chi connectivity index (χ0v) is 19.0. The lowest BCUT2D eigenvalue weighted by Crippen LogP contribution is -2.30. The van der Waals surface area contributed by atoms with Gasteiger partial charge in [0.15, 0.2) is 6.10 Å². The maximum absolute atomic E-state index is 12.5. The minimum atomic E-state index is -4.09. The van der Waals surface area contributed by atoms with Crippen molar-refractivity contribution in [3.05, 3.63) is 53.1 Å². The van der Waals surface area contributed by atoms with Gasteiger partial charge in [0.05, 0.1) is 30.0 Å². The highest BCUT2D eigenvalue weighted by Crippen LogP contribution is 2.26. The predicted molar refractivity (Wildman–Crippen MR) is 115 cm³/mol. The lowest BCUT2D eigenvalue weighted by molar-refractivity contribution is -0.123. The molecule has 2 aromatic rings. The molecule has 0 spiro atoms. The minimum Gasteiger partial charge on any atom is -0.492 e. The second kappa shape index (κ2) is 10.6. The monoisotopic (exact) mass is 470 g/mol. The number of hydroxylamine groups is 1. The van der Waals surface area contributed by atoms with Crippen molar-refractivity contribution in [3.8, 4) is 5.75 Å². The fourth-order valence-corrected chi connectivity index (χ4v) is 3.91. The second-order valence-electron chi connectivity index (χ2n) is 6.21. The van der Waals surface area contributed by atoms with Crippen LogP contribution in [0.15, 0.2) is 47.4 Å². The fourth-order valence-electron chi connectivity index (χ4n) is 2.43. The third kappa shape index (κ3) is 5.95. The summed E-state index contributed by atoms with van der Waals surface area (Å²) in [5.74, 6) is -0.998. The van der Waals surface area contributed by atoms with Gasteiger partial charge in [0, 0.05) is 7.05 Å². The summed E-state index contributed by atoms with van der Waals surface area (Å²) in [6.07, 6.45) is -1.17. The number of rotatable bonds is 9. The Morgan fingerprint density at radius 2 is 1.87 bits per heavy atom. The number of carbonyl (C=O) groups is 2. The van der Waals surface area contributed by atoms with Crippen molar-refractivity contribution in [3.63, 3.8) is 0 Å². The standard InChI is InChI=1S/C20H23ClN2O7S/c1-5-29-17-9-7-6-8-16(17)22-19(24)13(2)30-20(25)14-10-11-15(21)18(12-14)31(26,27)23(3)28-4/h6-13H,5H2,1-4H3,(H,22,24). The van der Waals surface area contributed by atoms with E-state index in [9.17, 15) is 18.0 Å². The summed E-state index contributed by atoms with van der Waals surface area (Å²) in [4.78, 5) is 29.3. The van der Waals surface area contributed by atoms with Gasteiger partial charge in [-0.3, -0.25) is 9.63 Å². The van der Waals surface area contributed by atoms with Crippen LogP contribution in [0.1, 0.15) is 24.2 Å². The van der Waals surface area contributed by atoms with Gasteiger partial charge in [0.25, 0.3) is 15.9 Å². The summed E-state index contributed by atoms with van der Waals surface area (Å²) in [7, 11) is -1.74. The van der Waals surface area contributed by atoms with Crippen molar-refractivity contribution in [1.82, 2.24) is 4.47 Å². The Balaban J connectivity index is 2.16. The molecule has 0 radical (unpaired) electrons. The Morgan fingerprint density at radius 1 is 1.19 bits per heavy atom. The molecule has 0 bridgehead atoms. The number of hydrogen-bond acceptors (Lipinski definition) is 7. The molecule has 0 saturated heterocycles. The van der Waals surface area contributed by atoms with Crippen LogP contribution in [-0.4, -0.2) is 51.6 Å². The molecule has 0 aliphatic carbocycles. The van der Waals surface area contributed by atoms with Crippen LogP contribution in [0.4, 0.5) is 5.69 Å². The number of sulfonamides is 1. The van der Waals surface area contributed by atoms with Gasteiger partial charge in [0.2, 0.25) is 0 Å². The summed E-state index contributed by atoms with van der Waals surface area (Å²) in [6.45, 7) is 3.62. The molecule has 2 rings (SSSR count). The van der Waals surface area contributed by atoms with Gasteiger partial charge in [-0.05, 0) is 44.2 Å². The molecule has 31 heavy (non-hydrogen) atoms. The van der Waals surface area contributed by atoms with E-state index < -0.39 is 28.0 Å². The van der Waals surface area contributed by atoms with E-state index in [1.165, 1.54) is 33.2 Å². The predicted octanol–water partition coefficient (Wildman–Crippen LogP) is 3.10. The number of ether oxygens (including phenoxy) is 2. The molecule has 1 atom stereocenters. The van der Waals surface area contributed by atoms with Gasteiger partial charge < -0.3 is 14.8 Å². The van der Waals surface area contributed by atoms with E-state index >= 15 is 0 Å². The highest BCUT2D eigenvalue weighted by Gasteiger charge is 2.26. The van der Waals surface area contributed by atoms with Gasteiger partial charge >= 0.3 is 5.97 Å². The average Bonchev–Trinajstić information content (AvgIpc) is 2.74. The highest BCUT2D eigenvalue weighted by molar-refractivity contribution is 7.89. The van der Waals surface area contributed by atoms with Crippen molar-refractivity contribution >= 4 is 39.2 Å². The Labute approximate surface area is 185 Å². The van der Waals surface area contributed by atoms with E-state index in [-0.39, 0.29) is 15.5 Å². The van der Waals surface area contributed by atoms with Crippen LogP contribution < -0.4 is 10.1 Å². The zero-order chi connectivity index (χ0) is 23.2. The summed E-state index contributed by atoms with van der Waals surface area (Å²) >= 11 is 5.98. The zero-order valence-electron chi connectivity index (χ0n) is 17.4. The van der Waals surface area contributed by atoms with Crippen molar-refractivity contribution in [2.75, 3.05) is 26.1 Å². The Hall–Kier alpha value is -2.66. The van der Waals surface area contributed by atoms with Crippen LogP contribution in [0, 0.1) is 0 Å². The van der Waals surface area contributed by atoms with E-state index in [1.807, 2.05) is 6.92 Å². The highest BCUT2D eigenvalue weighted by atomic mass is 35.5. The molecule has 1 amide bonds. The Bertz CT molecular complexity index is 1060. The summed E-state index contributed by atoms with van der Waals surface area (Å²) < 4.78 is 36.2.